The van der Waals surface area contributed by atoms with Crippen molar-refractivity contribution in [2.24, 2.45) is 5.92 Å². The first-order chi connectivity index (χ1) is 10.7. The van der Waals surface area contributed by atoms with Gasteiger partial charge >= 0.3 is 6.03 Å². The average molecular weight is 308 g/mol. The molecule has 0 radical (unpaired) electrons. The highest BCUT2D eigenvalue weighted by atomic mass is 16.7. The first-order valence-corrected chi connectivity index (χ1v) is 9.04. The fraction of sp³-hybridized carbons (Fsp3) is 0.941. The lowest BCUT2D eigenvalue weighted by Gasteiger charge is -2.37. The molecule has 1 spiro atoms. The highest BCUT2D eigenvalue weighted by molar-refractivity contribution is 5.75. The van der Waals surface area contributed by atoms with Gasteiger partial charge in [0, 0.05) is 31.0 Å². The third-order valence-electron chi connectivity index (χ3n) is 5.81. The van der Waals surface area contributed by atoms with Crippen molar-refractivity contribution in [3.63, 3.8) is 0 Å². The Kier molecular flexibility index (Phi) is 3.81. The fourth-order valence-electron chi connectivity index (χ4n) is 4.08. The second-order valence-corrected chi connectivity index (χ2v) is 7.55. The number of amides is 2. The summed E-state index contributed by atoms with van der Waals surface area (Å²) < 4.78 is 11.5. The number of nitrogens with zero attached hydrogens (tertiary/aromatic N) is 1. The lowest BCUT2D eigenvalue weighted by Crippen LogP contribution is -2.52. The second-order valence-electron chi connectivity index (χ2n) is 7.55. The van der Waals surface area contributed by atoms with E-state index < -0.39 is 0 Å². The Morgan fingerprint density at radius 3 is 2.27 bits per heavy atom. The van der Waals surface area contributed by atoms with Gasteiger partial charge in [-0.05, 0) is 51.4 Å². The molecule has 5 nitrogen and oxygen atoms in total. The van der Waals surface area contributed by atoms with Crippen molar-refractivity contribution in [1.82, 2.24) is 10.2 Å². The summed E-state index contributed by atoms with van der Waals surface area (Å²) in [4.78, 5) is 14.9. The van der Waals surface area contributed by atoms with E-state index in [0.29, 0.717) is 25.3 Å². The van der Waals surface area contributed by atoms with Crippen LogP contribution in [0.15, 0.2) is 0 Å². The molecule has 0 aromatic heterocycles. The zero-order chi connectivity index (χ0) is 15.2. The van der Waals surface area contributed by atoms with E-state index in [1.54, 1.807) is 0 Å². The highest BCUT2D eigenvalue weighted by Gasteiger charge is 2.44. The fourth-order valence-corrected chi connectivity index (χ4v) is 4.08. The van der Waals surface area contributed by atoms with Gasteiger partial charge in [0.05, 0.1) is 13.2 Å². The van der Waals surface area contributed by atoms with Crippen molar-refractivity contribution in [3.8, 4) is 0 Å². The van der Waals surface area contributed by atoms with Crippen LogP contribution in [-0.2, 0) is 9.47 Å². The molecule has 3 aliphatic carbocycles. The Morgan fingerprint density at radius 2 is 1.73 bits per heavy atom. The summed E-state index contributed by atoms with van der Waals surface area (Å²) in [5.74, 6) is 0.403. The molecule has 22 heavy (non-hydrogen) atoms. The lowest BCUT2D eigenvalue weighted by molar-refractivity contribution is -0.179. The van der Waals surface area contributed by atoms with Gasteiger partial charge in [-0.15, -0.1) is 0 Å². The summed E-state index contributed by atoms with van der Waals surface area (Å²) in [5, 5.41) is 3.29. The van der Waals surface area contributed by atoms with Crippen LogP contribution in [0, 0.1) is 5.92 Å². The number of carbonyl (C=O) groups excluding carboxylic acids is 1. The smallest absolute Gasteiger partial charge is 0.318 e. The topological polar surface area (TPSA) is 50.8 Å². The first-order valence-electron chi connectivity index (χ1n) is 9.04. The minimum Gasteiger partial charge on any atom is -0.348 e. The van der Waals surface area contributed by atoms with Gasteiger partial charge in [0.15, 0.2) is 5.79 Å². The number of ether oxygens (including phenoxy) is 2. The van der Waals surface area contributed by atoms with Gasteiger partial charge in [-0.3, -0.25) is 0 Å². The maximum Gasteiger partial charge on any atom is 0.318 e. The molecule has 4 fully saturated rings. The Balaban J connectivity index is 1.31. The quantitative estimate of drug-likeness (QED) is 0.868. The molecule has 1 aliphatic heterocycles. The van der Waals surface area contributed by atoms with Crippen LogP contribution in [0.5, 0.6) is 0 Å². The average Bonchev–Trinajstić information content (AvgIpc) is 3.42. The van der Waals surface area contributed by atoms with Gasteiger partial charge in [0.25, 0.3) is 0 Å². The van der Waals surface area contributed by atoms with Crippen LogP contribution in [0.2, 0.25) is 0 Å². The van der Waals surface area contributed by atoms with E-state index in [1.165, 1.54) is 25.7 Å². The van der Waals surface area contributed by atoms with Crippen molar-refractivity contribution in [2.75, 3.05) is 13.2 Å². The largest absolute Gasteiger partial charge is 0.348 e. The molecule has 4 aliphatic rings. The van der Waals surface area contributed by atoms with Crippen LogP contribution >= 0.6 is 0 Å². The van der Waals surface area contributed by atoms with E-state index in [9.17, 15) is 4.79 Å². The van der Waals surface area contributed by atoms with E-state index >= 15 is 0 Å². The van der Waals surface area contributed by atoms with Crippen molar-refractivity contribution < 1.29 is 14.3 Å². The highest BCUT2D eigenvalue weighted by Crippen LogP contribution is 2.40. The van der Waals surface area contributed by atoms with Gasteiger partial charge in [-0.2, -0.15) is 0 Å². The monoisotopic (exact) mass is 308 g/mol. The lowest BCUT2D eigenvalue weighted by atomic mass is 9.90. The maximum absolute atomic E-state index is 12.7. The summed E-state index contributed by atoms with van der Waals surface area (Å²) in [6.07, 6.45) is 8.67. The summed E-state index contributed by atoms with van der Waals surface area (Å²) in [6.45, 7) is 3.66. The van der Waals surface area contributed by atoms with Crippen LogP contribution in [-0.4, -0.2) is 48.1 Å². The van der Waals surface area contributed by atoms with Crippen molar-refractivity contribution >= 4 is 6.03 Å². The Labute approximate surface area is 132 Å². The predicted molar refractivity (Wildman–Crippen MR) is 82.5 cm³/mol. The van der Waals surface area contributed by atoms with Gasteiger partial charge in [0.2, 0.25) is 0 Å². The molecule has 0 aromatic carbocycles. The molecule has 1 atom stereocenters. The summed E-state index contributed by atoms with van der Waals surface area (Å²) in [5.41, 5.74) is 0. The molecule has 2 amide bonds. The van der Waals surface area contributed by atoms with Crippen LogP contribution in [0.25, 0.3) is 0 Å². The van der Waals surface area contributed by atoms with Crippen LogP contribution in [0.1, 0.15) is 58.3 Å². The molecule has 0 aromatic rings. The van der Waals surface area contributed by atoms with Gasteiger partial charge < -0.3 is 19.7 Å². The zero-order valence-corrected chi connectivity index (χ0v) is 13.6. The van der Waals surface area contributed by atoms with Gasteiger partial charge in [-0.25, -0.2) is 4.79 Å². The van der Waals surface area contributed by atoms with E-state index in [4.69, 9.17) is 9.47 Å². The summed E-state index contributed by atoms with van der Waals surface area (Å²) in [6, 6.07) is 1.34. The third kappa shape index (κ3) is 2.98. The van der Waals surface area contributed by atoms with Crippen LogP contribution in [0.3, 0.4) is 0 Å². The van der Waals surface area contributed by atoms with Crippen LogP contribution in [0.4, 0.5) is 4.79 Å². The number of hydrogen-bond donors (Lipinski definition) is 1. The number of urea groups is 1. The minimum absolute atomic E-state index is 0.163. The van der Waals surface area contributed by atoms with Crippen molar-refractivity contribution in [3.05, 3.63) is 0 Å². The molecule has 1 N–H and O–H groups in total. The Morgan fingerprint density at radius 1 is 1.09 bits per heavy atom. The number of carbonyl (C=O) groups is 1. The van der Waals surface area contributed by atoms with E-state index in [1.807, 2.05) is 0 Å². The van der Waals surface area contributed by atoms with E-state index in [2.05, 4.69) is 17.1 Å². The SMILES string of the molecule is C[C@H](C1CC1)N(C(=O)NC1CCC2(CC1)OCCO2)C1CC1. The normalized spacial score (nSPS) is 29.5. The maximum atomic E-state index is 12.7. The van der Waals surface area contributed by atoms with E-state index in [0.717, 1.165) is 31.6 Å². The number of hydrogen-bond acceptors (Lipinski definition) is 3. The molecule has 4 rings (SSSR count). The number of rotatable bonds is 4. The Hall–Kier alpha value is -0.810. The summed E-state index contributed by atoms with van der Waals surface area (Å²) >= 11 is 0. The molecular formula is C17H28N2O3. The molecule has 1 heterocycles. The molecule has 0 unspecified atom stereocenters. The van der Waals surface area contributed by atoms with E-state index in [-0.39, 0.29) is 17.9 Å². The molecular weight excluding hydrogens is 280 g/mol. The van der Waals surface area contributed by atoms with Gasteiger partial charge in [-0.1, -0.05) is 0 Å². The van der Waals surface area contributed by atoms with Crippen molar-refractivity contribution in [2.45, 2.75) is 82.2 Å². The predicted octanol–water partition coefficient (Wildman–Crippen LogP) is 2.64. The van der Waals surface area contributed by atoms with Crippen molar-refractivity contribution in [1.29, 1.82) is 0 Å². The van der Waals surface area contributed by atoms with Gasteiger partial charge in [0.1, 0.15) is 0 Å². The zero-order valence-electron chi connectivity index (χ0n) is 13.6. The molecule has 3 saturated carbocycles. The molecule has 1 saturated heterocycles. The molecule has 124 valence electrons. The van der Waals surface area contributed by atoms with Crippen LogP contribution < -0.4 is 5.32 Å². The summed E-state index contributed by atoms with van der Waals surface area (Å²) in [7, 11) is 0. The molecule has 5 heteroatoms. The number of nitrogens with one attached hydrogen (secondary N) is 1. The third-order valence-corrected chi connectivity index (χ3v) is 5.81. The minimum atomic E-state index is -0.335. The molecule has 0 bridgehead atoms. The standard InChI is InChI=1S/C17H28N2O3/c1-12(13-2-3-13)19(15-4-5-15)16(20)18-14-6-8-17(9-7-14)21-10-11-22-17/h12-15H,2-11H2,1H3,(H,18,20)/t12-/m1/s1. The first kappa shape index (κ1) is 14.8. The Bertz CT molecular complexity index is 418. The second kappa shape index (κ2) is 5.68.